The van der Waals surface area contributed by atoms with Crippen LogP contribution in [-0.4, -0.2) is 57.3 Å². The third-order valence-electron chi connectivity index (χ3n) is 5.24. The standard InChI is InChI=1S/C20H23N7OS/c1-3-25-13-23-17-18(25)21-12-22-19(17)26-8-10-27(11-9-26)20-24-16-14(28-4-2)6-5-7-15(16)29-20/h5-7,12-13H,3-4,8-11H2,1-2H3. The van der Waals surface area contributed by atoms with Crippen LogP contribution in [0, 0.1) is 0 Å². The smallest absolute Gasteiger partial charge is 0.186 e. The molecule has 0 saturated carbocycles. The predicted octanol–water partition coefficient (Wildman–Crippen LogP) is 3.18. The molecule has 1 aromatic carbocycles. The lowest BCUT2D eigenvalue weighted by molar-refractivity contribution is 0.344. The quantitative estimate of drug-likeness (QED) is 0.501. The van der Waals surface area contributed by atoms with Crippen LogP contribution in [0.5, 0.6) is 5.75 Å². The molecule has 5 rings (SSSR count). The third-order valence-corrected chi connectivity index (χ3v) is 6.32. The van der Waals surface area contributed by atoms with Gasteiger partial charge in [-0.3, -0.25) is 0 Å². The molecular weight excluding hydrogens is 386 g/mol. The van der Waals surface area contributed by atoms with Crippen LogP contribution in [0.4, 0.5) is 10.9 Å². The Hall–Kier alpha value is -2.94. The first kappa shape index (κ1) is 18.1. The fourth-order valence-electron chi connectivity index (χ4n) is 3.76. The first-order chi connectivity index (χ1) is 14.3. The number of ether oxygens (including phenoxy) is 1. The maximum Gasteiger partial charge on any atom is 0.186 e. The Labute approximate surface area is 172 Å². The van der Waals surface area contributed by atoms with Crippen LogP contribution in [0.15, 0.2) is 30.9 Å². The minimum absolute atomic E-state index is 0.645. The number of piperazine rings is 1. The van der Waals surface area contributed by atoms with Gasteiger partial charge in [0.1, 0.15) is 17.6 Å². The highest BCUT2D eigenvalue weighted by molar-refractivity contribution is 7.22. The summed E-state index contributed by atoms with van der Waals surface area (Å²) in [5, 5.41) is 1.05. The van der Waals surface area contributed by atoms with Crippen LogP contribution in [0.25, 0.3) is 21.4 Å². The summed E-state index contributed by atoms with van der Waals surface area (Å²) in [6, 6.07) is 6.13. The summed E-state index contributed by atoms with van der Waals surface area (Å²) in [5.41, 5.74) is 2.73. The molecule has 3 aromatic heterocycles. The monoisotopic (exact) mass is 409 g/mol. The summed E-state index contributed by atoms with van der Waals surface area (Å²) in [4.78, 5) is 23.0. The van der Waals surface area contributed by atoms with Gasteiger partial charge in [-0.15, -0.1) is 0 Å². The first-order valence-electron chi connectivity index (χ1n) is 9.96. The topological polar surface area (TPSA) is 72.2 Å². The van der Waals surface area contributed by atoms with Crippen molar-refractivity contribution in [2.24, 2.45) is 0 Å². The fourth-order valence-corrected chi connectivity index (χ4v) is 4.79. The highest BCUT2D eigenvalue weighted by Crippen LogP contribution is 2.35. The van der Waals surface area contributed by atoms with Crippen molar-refractivity contribution in [1.82, 2.24) is 24.5 Å². The summed E-state index contributed by atoms with van der Waals surface area (Å²) in [7, 11) is 0. The number of nitrogens with zero attached hydrogens (tertiary/aromatic N) is 7. The molecule has 1 fully saturated rings. The van der Waals surface area contributed by atoms with E-state index in [2.05, 4.69) is 37.7 Å². The number of thiazole rings is 1. The zero-order valence-electron chi connectivity index (χ0n) is 16.6. The predicted molar refractivity (Wildman–Crippen MR) is 116 cm³/mol. The van der Waals surface area contributed by atoms with E-state index in [1.54, 1.807) is 17.7 Å². The van der Waals surface area contributed by atoms with E-state index in [0.717, 1.165) is 70.8 Å². The van der Waals surface area contributed by atoms with Gasteiger partial charge in [-0.2, -0.15) is 0 Å². The van der Waals surface area contributed by atoms with Crippen molar-refractivity contribution in [2.45, 2.75) is 20.4 Å². The average molecular weight is 410 g/mol. The molecule has 0 amide bonds. The molecule has 1 aliphatic heterocycles. The molecule has 29 heavy (non-hydrogen) atoms. The number of benzene rings is 1. The van der Waals surface area contributed by atoms with Gasteiger partial charge in [-0.25, -0.2) is 19.9 Å². The molecule has 0 N–H and O–H groups in total. The van der Waals surface area contributed by atoms with Crippen molar-refractivity contribution >= 4 is 43.7 Å². The minimum atomic E-state index is 0.645. The molecule has 9 heteroatoms. The molecule has 0 spiro atoms. The van der Waals surface area contributed by atoms with Gasteiger partial charge in [0.2, 0.25) is 0 Å². The van der Waals surface area contributed by atoms with Gasteiger partial charge >= 0.3 is 0 Å². The van der Waals surface area contributed by atoms with Crippen molar-refractivity contribution in [1.29, 1.82) is 0 Å². The zero-order chi connectivity index (χ0) is 19.8. The normalized spacial score (nSPS) is 14.8. The van der Waals surface area contributed by atoms with Crippen molar-refractivity contribution in [2.75, 3.05) is 42.6 Å². The Bertz CT molecular complexity index is 1150. The largest absolute Gasteiger partial charge is 0.492 e. The van der Waals surface area contributed by atoms with E-state index in [9.17, 15) is 0 Å². The number of anilines is 2. The van der Waals surface area contributed by atoms with E-state index in [1.165, 1.54) is 0 Å². The summed E-state index contributed by atoms with van der Waals surface area (Å²) in [5.74, 6) is 1.78. The van der Waals surface area contributed by atoms with Crippen molar-refractivity contribution < 1.29 is 4.74 Å². The van der Waals surface area contributed by atoms with E-state index in [1.807, 2.05) is 30.0 Å². The second kappa shape index (κ2) is 7.47. The van der Waals surface area contributed by atoms with E-state index in [0.29, 0.717) is 6.61 Å². The van der Waals surface area contributed by atoms with E-state index >= 15 is 0 Å². The Morgan fingerprint density at radius 2 is 1.83 bits per heavy atom. The van der Waals surface area contributed by atoms with Gasteiger partial charge in [0.25, 0.3) is 0 Å². The van der Waals surface area contributed by atoms with Crippen molar-refractivity contribution in [3.63, 3.8) is 0 Å². The molecule has 0 unspecified atom stereocenters. The number of imidazole rings is 1. The molecule has 8 nitrogen and oxygen atoms in total. The van der Waals surface area contributed by atoms with Gasteiger partial charge in [0.15, 0.2) is 22.1 Å². The minimum Gasteiger partial charge on any atom is -0.492 e. The summed E-state index contributed by atoms with van der Waals surface area (Å²) in [6.45, 7) is 9.12. The summed E-state index contributed by atoms with van der Waals surface area (Å²) < 4.78 is 8.95. The second-order valence-corrected chi connectivity index (χ2v) is 7.92. The second-order valence-electron chi connectivity index (χ2n) is 6.91. The Balaban J connectivity index is 1.36. The van der Waals surface area contributed by atoms with Crippen LogP contribution in [-0.2, 0) is 6.54 Å². The van der Waals surface area contributed by atoms with Crippen LogP contribution < -0.4 is 14.5 Å². The lowest BCUT2D eigenvalue weighted by atomic mass is 10.3. The third kappa shape index (κ3) is 3.15. The lowest BCUT2D eigenvalue weighted by Gasteiger charge is -2.35. The van der Waals surface area contributed by atoms with Crippen LogP contribution in [0.2, 0.25) is 0 Å². The van der Waals surface area contributed by atoms with E-state index in [4.69, 9.17) is 9.72 Å². The molecule has 150 valence electrons. The average Bonchev–Trinajstić information content (AvgIpc) is 3.38. The number of para-hydroxylation sites is 1. The zero-order valence-corrected chi connectivity index (χ0v) is 17.4. The van der Waals surface area contributed by atoms with Gasteiger partial charge in [0, 0.05) is 32.7 Å². The molecule has 1 aliphatic rings. The maximum absolute atomic E-state index is 5.74. The van der Waals surface area contributed by atoms with Crippen LogP contribution in [0.3, 0.4) is 0 Å². The van der Waals surface area contributed by atoms with E-state index < -0.39 is 0 Å². The molecule has 0 radical (unpaired) electrons. The highest BCUT2D eigenvalue weighted by Gasteiger charge is 2.24. The molecule has 4 aromatic rings. The highest BCUT2D eigenvalue weighted by atomic mass is 32.1. The Morgan fingerprint density at radius 3 is 2.62 bits per heavy atom. The molecule has 0 bridgehead atoms. The number of rotatable bonds is 5. The summed E-state index contributed by atoms with van der Waals surface area (Å²) >= 11 is 1.72. The molecule has 0 aliphatic carbocycles. The molecule has 1 saturated heterocycles. The van der Waals surface area contributed by atoms with Crippen LogP contribution in [0.1, 0.15) is 13.8 Å². The molecular formula is C20H23N7OS. The number of hydrogen-bond donors (Lipinski definition) is 0. The van der Waals surface area contributed by atoms with Crippen molar-refractivity contribution in [3.05, 3.63) is 30.9 Å². The first-order valence-corrected chi connectivity index (χ1v) is 10.8. The Kier molecular flexibility index (Phi) is 4.67. The van der Waals surface area contributed by atoms with Gasteiger partial charge in [-0.05, 0) is 26.0 Å². The van der Waals surface area contributed by atoms with E-state index in [-0.39, 0.29) is 0 Å². The maximum atomic E-state index is 5.74. The number of hydrogen-bond acceptors (Lipinski definition) is 8. The molecule has 4 heterocycles. The Morgan fingerprint density at radius 1 is 1.00 bits per heavy atom. The summed E-state index contributed by atoms with van der Waals surface area (Å²) in [6.07, 6.45) is 3.48. The van der Waals surface area contributed by atoms with Crippen LogP contribution >= 0.6 is 11.3 Å². The van der Waals surface area contributed by atoms with Crippen molar-refractivity contribution in [3.8, 4) is 5.75 Å². The lowest BCUT2D eigenvalue weighted by Crippen LogP contribution is -2.46. The SMILES string of the molecule is CCOc1cccc2sc(N3CCN(c4ncnc5c4ncn5CC)CC3)nc12. The fraction of sp³-hybridized carbons (Fsp3) is 0.400. The van der Waals surface area contributed by atoms with Gasteiger partial charge in [-0.1, -0.05) is 17.4 Å². The van der Waals surface area contributed by atoms with Gasteiger partial charge < -0.3 is 19.1 Å². The van der Waals surface area contributed by atoms with Gasteiger partial charge in [0.05, 0.1) is 17.6 Å². The number of fused-ring (bicyclic) bond motifs is 2. The molecule has 0 atom stereocenters. The number of aromatic nitrogens is 5. The number of aryl methyl sites for hydroxylation is 1.